The van der Waals surface area contributed by atoms with E-state index in [0.29, 0.717) is 5.75 Å². The first-order valence-electron chi connectivity index (χ1n) is 4.53. The van der Waals surface area contributed by atoms with E-state index < -0.39 is 16.6 Å². The molecular weight excluding hydrogens is 311 g/mol. The van der Waals surface area contributed by atoms with E-state index in [4.69, 9.17) is 0 Å². The fraction of sp³-hybridized carbons (Fsp3) is 0.0909. The van der Waals surface area contributed by atoms with E-state index >= 15 is 0 Å². The predicted molar refractivity (Wildman–Crippen MR) is 68.5 cm³/mol. The molecular formula is C11H8BrFOS2. The number of halogens is 2. The molecule has 0 bridgehead atoms. The lowest BCUT2D eigenvalue weighted by atomic mass is 10.3. The van der Waals surface area contributed by atoms with Crippen LogP contribution in [0.4, 0.5) is 4.39 Å². The highest BCUT2D eigenvalue weighted by Gasteiger charge is 2.12. The second-order valence-electron chi connectivity index (χ2n) is 3.11. The van der Waals surface area contributed by atoms with Crippen molar-refractivity contribution in [2.75, 3.05) is 0 Å². The maximum absolute atomic E-state index is 13.4. The molecule has 0 saturated carbocycles. The molecule has 1 aromatic heterocycles. The molecule has 0 amide bonds. The van der Waals surface area contributed by atoms with Crippen LogP contribution < -0.4 is 0 Å². The molecule has 5 heteroatoms. The second kappa shape index (κ2) is 5.21. The summed E-state index contributed by atoms with van der Waals surface area (Å²) < 4.78 is 26.2. The van der Waals surface area contributed by atoms with Crippen molar-refractivity contribution in [3.8, 4) is 0 Å². The first-order valence-corrected chi connectivity index (χ1v) is 7.52. The minimum atomic E-state index is -1.33. The quantitative estimate of drug-likeness (QED) is 0.837. The first-order chi connectivity index (χ1) is 7.68. The third kappa shape index (κ3) is 2.59. The van der Waals surface area contributed by atoms with E-state index in [-0.39, 0.29) is 4.90 Å². The standard InChI is InChI=1S/C11H8BrFOS2/c12-8-5-6-15-10(8)7-16(14)11-4-2-1-3-9(11)13/h1-6H,7H2. The normalized spacial score (nSPS) is 12.6. The Balaban J connectivity index is 2.22. The molecule has 16 heavy (non-hydrogen) atoms. The number of rotatable bonds is 3. The van der Waals surface area contributed by atoms with Gasteiger partial charge in [-0.05, 0) is 39.5 Å². The minimum Gasteiger partial charge on any atom is -0.254 e. The summed E-state index contributed by atoms with van der Waals surface area (Å²) in [6.07, 6.45) is 0. The number of benzene rings is 1. The SMILES string of the molecule is O=S(Cc1sccc1Br)c1ccccc1F. The van der Waals surface area contributed by atoms with Gasteiger partial charge in [-0.3, -0.25) is 4.21 Å². The van der Waals surface area contributed by atoms with Gasteiger partial charge in [-0.25, -0.2) is 4.39 Å². The molecule has 0 aliphatic heterocycles. The van der Waals surface area contributed by atoms with Crippen molar-refractivity contribution < 1.29 is 8.60 Å². The molecule has 2 rings (SSSR count). The fourth-order valence-corrected chi connectivity index (χ4v) is 4.37. The smallest absolute Gasteiger partial charge is 0.139 e. The Morgan fingerprint density at radius 1 is 1.31 bits per heavy atom. The summed E-state index contributed by atoms with van der Waals surface area (Å²) in [4.78, 5) is 1.24. The van der Waals surface area contributed by atoms with Gasteiger partial charge in [-0.1, -0.05) is 12.1 Å². The molecule has 1 unspecified atom stereocenters. The third-order valence-corrected chi connectivity index (χ3v) is 5.52. The van der Waals surface area contributed by atoms with Gasteiger partial charge in [0.15, 0.2) is 0 Å². The summed E-state index contributed by atoms with van der Waals surface area (Å²) in [7, 11) is -1.33. The van der Waals surface area contributed by atoms with Gasteiger partial charge in [0.1, 0.15) is 5.82 Å². The van der Waals surface area contributed by atoms with Crippen molar-refractivity contribution in [1.29, 1.82) is 0 Å². The van der Waals surface area contributed by atoms with E-state index in [9.17, 15) is 8.60 Å². The van der Waals surface area contributed by atoms with E-state index in [2.05, 4.69) is 15.9 Å². The van der Waals surface area contributed by atoms with E-state index in [1.807, 2.05) is 11.4 Å². The van der Waals surface area contributed by atoms with Gasteiger partial charge in [0.25, 0.3) is 0 Å². The summed E-state index contributed by atoms with van der Waals surface area (Å²) >= 11 is 4.88. The number of hydrogen-bond donors (Lipinski definition) is 0. The molecule has 0 N–H and O–H groups in total. The van der Waals surface area contributed by atoms with Crippen LogP contribution in [0.3, 0.4) is 0 Å². The summed E-state index contributed by atoms with van der Waals surface area (Å²) in [5.41, 5.74) is 0. The zero-order valence-corrected chi connectivity index (χ0v) is 11.4. The lowest BCUT2D eigenvalue weighted by molar-refractivity contribution is 0.595. The first kappa shape index (κ1) is 12.0. The third-order valence-electron chi connectivity index (χ3n) is 2.04. The Bertz CT molecular complexity index is 524. The lowest BCUT2D eigenvalue weighted by Gasteiger charge is -2.02. The molecule has 1 heterocycles. The fourth-order valence-electron chi connectivity index (χ4n) is 1.25. The van der Waals surface area contributed by atoms with Crippen LogP contribution in [0.5, 0.6) is 0 Å². The molecule has 0 saturated heterocycles. The molecule has 0 radical (unpaired) electrons. The molecule has 1 nitrogen and oxygen atoms in total. The Hall–Kier alpha value is -0.520. The van der Waals surface area contributed by atoms with Crippen LogP contribution >= 0.6 is 27.3 Å². The number of thiophene rings is 1. The van der Waals surface area contributed by atoms with Gasteiger partial charge in [0.05, 0.1) is 21.4 Å². The monoisotopic (exact) mass is 318 g/mol. The predicted octanol–water partition coefficient (Wildman–Crippen LogP) is 3.96. The molecule has 0 aliphatic carbocycles. The summed E-state index contributed by atoms with van der Waals surface area (Å²) in [5, 5.41) is 1.91. The zero-order chi connectivity index (χ0) is 11.5. The van der Waals surface area contributed by atoms with Crippen LogP contribution in [-0.2, 0) is 16.6 Å². The summed E-state index contributed by atoms with van der Waals surface area (Å²) in [6.45, 7) is 0. The maximum Gasteiger partial charge on any atom is 0.139 e. The van der Waals surface area contributed by atoms with Gasteiger partial charge in [0.2, 0.25) is 0 Å². The van der Waals surface area contributed by atoms with E-state index in [1.54, 1.807) is 18.2 Å². The Morgan fingerprint density at radius 3 is 2.69 bits per heavy atom. The van der Waals surface area contributed by atoms with Crippen molar-refractivity contribution >= 4 is 38.1 Å². The molecule has 2 aromatic rings. The van der Waals surface area contributed by atoms with Crippen LogP contribution in [0.2, 0.25) is 0 Å². The van der Waals surface area contributed by atoms with Gasteiger partial charge >= 0.3 is 0 Å². The van der Waals surface area contributed by atoms with Crippen molar-refractivity contribution in [2.24, 2.45) is 0 Å². The van der Waals surface area contributed by atoms with Gasteiger partial charge in [-0.15, -0.1) is 11.3 Å². The molecule has 0 spiro atoms. The van der Waals surface area contributed by atoms with Crippen LogP contribution in [0.15, 0.2) is 45.1 Å². The van der Waals surface area contributed by atoms with E-state index in [1.165, 1.54) is 17.4 Å². The van der Waals surface area contributed by atoms with Crippen LogP contribution in [-0.4, -0.2) is 4.21 Å². The van der Waals surface area contributed by atoms with E-state index in [0.717, 1.165) is 9.35 Å². The molecule has 0 fully saturated rings. The zero-order valence-electron chi connectivity index (χ0n) is 8.15. The molecule has 0 aliphatic rings. The topological polar surface area (TPSA) is 17.1 Å². The van der Waals surface area contributed by atoms with Crippen molar-refractivity contribution in [3.63, 3.8) is 0 Å². The second-order valence-corrected chi connectivity index (χ2v) is 6.39. The highest BCUT2D eigenvalue weighted by molar-refractivity contribution is 9.10. The molecule has 1 atom stereocenters. The Kier molecular flexibility index (Phi) is 3.89. The largest absolute Gasteiger partial charge is 0.254 e. The highest BCUT2D eigenvalue weighted by atomic mass is 79.9. The summed E-state index contributed by atoms with van der Waals surface area (Å²) in [6, 6.07) is 8.08. The Morgan fingerprint density at radius 2 is 2.06 bits per heavy atom. The van der Waals surface area contributed by atoms with Crippen LogP contribution in [0, 0.1) is 5.82 Å². The molecule has 1 aromatic carbocycles. The highest BCUT2D eigenvalue weighted by Crippen LogP contribution is 2.26. The van der Waals surface area contributed by atoms with Gasteiger partial charge in [-0.2, -0.15) is 0 Å². The Labute approximate surface area is 108 Å². The van der Waals surface area contributed by atoms with Crippen molar-refractivity contribution in [2.45, 2.75) is 10.6 Å². The average Bonchev–Trinajstić information content (AvgIpc) is 2.65. The van der Waals surface area contributed by atoms with Crippen molar-refractivity contribution in [1.82, 2.24) is 0 Å². The molecule has 84 valence electrons. The van der Waals surface area contributed by atoms with Gasteiger partial charge in [0, 0.05) is 9.35 Å². The van der Waals surface area contributed by atoms with Crippen LogP contribution in [0.1, 0.15) is 4.88 Å². The van der Waals surface area contributed by atoms with Crippen LogP contribution in [0.25, 0.3) is 0 Å². The maximum atomic E-state index is 13.4. The number of hydrogen-bond acceptors (Lipinski definition) is 2. The van der Waals surface area contributed by atoms with Gasteiger partial charge < -0.3 is 0 Å². The minimum absolute atomic E-state index is 0.266. The lowest BCUT2D eigenvalue weighted by Crippen LogP contribution is -1.98. The summed E-state index contributed by atoms with van der Waals surface area (Å²) in [5.74, 6) is -0.0624. The van der Waals surface area contributed by atoms with Crippen molar-refractivity contribution in [3.05, 3.63) is 50.9 Å². The average molecular weight is 319 g/mol.